The van der Waals surface area contributed by atoms with Crippen LogP contribution in [0.5, 0.6) is 0 Å². The molecule has 1 aromatic carbocycles. The molecule has 1 N–H and O–H groups in total. The Morgan fingerprint density at radius 3 is 2.67 bits per heavy atom. The number of hydrogen-bond acceptors (Lipinski definition) is 3. The molecule has 5 heteroatoms. The quantitative estimate of drug-likeness (QED) is 0.892. The Kier molecular flexibility index (Phi) is 2.96. The average molecular weight is 286 g/mol. The standard InChI is InChI=1S/C16H18N2O3/c19-15-12-3-1-2-4-13(12)18(11-7-8-21-9-11)16(20)14(17-15)10-5-6-10/h1-4,10-11,14H,5-9H2,(H,17,19). The van der Waals surface area contributed by atoms with Crippen LogP contribution in [-0.4, -0.2) is 37.1 Å². The summed E-state index contributed by atoms with van der Waals surface area (Å²) in [4.78, 5) is 27.2. The van der Waals surface area contributed by atoms with Gasteiger partial charge in [-0.2, -0.15) is 0 Å². The Morgan fingerprint density at radius 2 is 1.95 bits per heavy atom. The van der Waals surface area contributed by atoms with Crippen molar-refractivity contribution in [2.24, 2.45) is 5.92 Å². The minimum atomic E-state index is -0.384. The summed E-state index contributed by atoms with van der Waals surface area (Å²) in [5.41, 5.74) is 1.31. The molecule has 2 unspecified atom stereocenters. The molecule has 3 aliphatic rings. The minimum Gasteiger partial charge on any atom is -0.379 e. The molecule has 4 rings (SSSR count). The highest BCUT2D eigenvalue weighted by Gasteiger charge is 2.44. The third-order valence-electron chi connectivity index (χ3n) is 4.56. The number of benzene rings is 1. The Bertz CT molecular complexity index is 591. The van der Waals surface area contributed by atoms with Crippen LogP contribution >= 0.6 is 0 Å². The maximum Gasteiger partial charge on any atom is 0.254 e. The molecule has 21 heavy (non-hydrogen) atoms. The monoisotopic (exact) mass is 286 g/mol. The van der Waals surface area contributed by atoms with E-state index in [2.05, 4.69) is 5.32 Å². The van der Waals surface area contributed by atoms with Gasteiger partial charge in [-0.1, -0.05) is 12.1 Å². The first-order chi connectivity index (χ1) is 10.3. The number of rotatable bonds is 2. The van der Waals surface area contributed by atoms with Crippen molar-refractivity contribution < 1.29 is 14.3 Å². The van der Waals surface area contributed by atoms with Gasteiger partial charge < -0.3 is 15.0 Å². The fourth-order valence-electron chi connectivity index (χ4n) is 3.28. The van der Waals surface area contributed by atoms with E-state index in [9.17, 15) is 9.59 Å². The lowest BCUT2D eigenvalue weighted by atomic mass is 10.1. The van der Waals surface area contributed by atoms with Crippen LogP contribution < -0.4 is 10.2 Å². The second kappa shape index (κ2) is 4.84. The number of nitrogens with zero attached hydrogens (tertiary/aromatic N) is 1. The number of para-hydroxylation sites is 1. The van der Waals surface area contributed by atoms with Gasteiger partial charge in [-0.15, -0.1) is 0 Å². The number of carbonyl (C=O) groups excluding carboxylic acids is 2. The zero-order valence-corrected chi connectivity index (χ0v) is 11.7. The van der Waals surface area contributed by atoms with E-state index in [4.69, 9.17) is 4.74 Å². The highest BCUT2D eigenvalue weighted by Crippen LogP contribution is 2.37. The fraction of sp³-hybridized carbons (Fsp3) is 0.500. The second-order valence-electron chi connectivity index (χ2n) is 6.03. The molecule has 2 heterocycles. The second-order valence-corrected chi connectivity index (χ2v) is 6.03. The molecule has 1 saturated heterocycles. The van der Waals surface area contributed by atoms with E-state index in [1.165, 1.54) is 0 Å². The lowest BCUT2D eigenvalue weighted by Gasteiger charge is -2.30. The van der Waals surface area contributed by atoms with Crippen LogP contribution in [0.4, 0.5) is 5.69 Å². The molecule has 2 fully saturated rings. The van der Waals surface area contributed by atoms with Crippen LogP contribution in [0.3, 0.4) is 0 Å². The van der Waals surface area contributed by atoms with Crippen LogP contribution in [0, 0.1) is 5.92 Å². The predicted molar refractivity (Wildman–Crippen MR) is 77.1 cm³/mol. The van der Waals surface area contributed by atoms with Crippen molar-refractivity contribution in [1.29, 1.82) is 0 Å². The minimum absolute atomic E-state index is 0.0197. The number of carbonyl (C=O) groups is 2. The first-order valence-corrected chi connectivity index (χ1v) is 7.56. The van der Waals surface area contributed by atoms with Gasteiger partial charge >= 0.3 is 0 Å². The van der Waals surface area contributed by atoms with Crippen molar-refractivity contribution in [1.82, 2.24) is 5.32 Å². The van der Waals surface area contributed by atoms with Crippen LogP contribution in [0.15, 0.2) is 24.3 Å². The number of hydrogen-bond donors (Lipinski definition) is 1. The van der Waals surface area contributed by atoms with Gasteiger partial charge in [-0.25, -0.2) is 0 Å². The molecule has 1 aromatic rings. The molecule has 110 valence electrons. The summed E-state index contributed by atoms with van der Waals surface area (Å²) in [6, 6.07) is 7.01. The van der Waals surface area contributed by atoms with Gasteiger partial charge in [0.05, 0.1) is 23.9 Å². The van der Waals surface area contributed by atoms with Crippen molar-refractivity contribution in [2.75, 3.05) is 18.1 Å². The van der Waals surface area contributed by atoms with Gasteiger partial charge in [0.15, 0.2) is 0 Å². The molecule has 1 aliphatic carbocycles. The molecule has 0 spiro atoms. The van der Waals surface area contributed by atoms with Gasteiger partial charge in [0.25, 0.3) is 5.91 Å². The Labute approximate surface area is 123 Å². The maximum atomic E-state index is 13.0. The first kappa shape index (κ1) is 12.8. The summed E-state index contributed by atoms with van der Waals surface area (Å²) >= 11 is 0. The summed E-state index contributed by atoms with van der Waals surface area (Å²) in [7, 11) is 0. The van der Waals surface area contributed by atoms with Crippen molar-refractivity contribution in [2.45, 2.75) is 31.3 Å². The molecule has 2 atom stereocenters. The zero-order valence-electron chi connectivity index (χ0n) is 11.7. The average Bonchev–Trinajstić information content (AvgIpc) is 3.22. The van der Waals surface area contributed by atoms with Crippen molar-refractivity contribution in [3.63, 3.8) is 0 Å². The Balaban J connectivity index is 1.80. The largest absolute Gasteiger partial charge is 0.379 e. The lowest BCUT2D eigenvalue weighted by molar-refractivity contribution is -0.121. The normalized spacial score (nSPS) is 29.0. The lowest BCUT2D eigenvalue weighted by Crippen LogP contribution is -2.51. The molecule has 0 radical (unpaired) electrons. The van der Waals surface area contributed by atoms with Crippen molar-refractivity contribution in [3.05, 3.63) is 29.8 Å². The number of fused-ring (bicyclic) bond motifs is 1. The number of anilines is 1. The predicted octanol–water partition coefficient (Wildman–Crippen LogP) is 1.33. The molecule has 2 amide bonds. The molecule has 0 aromatic heterocycles. The van der Waals surface area contributed by atoms with Gasteiger partial charge in [0, 0.05) is 6.61 Å². The van der Waals surface area contributed by atoms with Crippen LogP contribution in [-0.2, 0) is 9.53 Å². The van der Waals surface area contributed by atoms with E-state index in [0.717, 1.165) is 24.9 Å². The topological polar surface area (TPSA) is 58.6 Å². The third-order valence-corrected chi connectivity index (χ3v) is 4.56. The summed E-state index contributed by atoms with van der Waals surface area (Å²) in [5, 5.41) is 2.93. The summed E-state index contributed by atoms with van der Waals surface area (Å²) in [6.07, 6.45) is 2.86. The highest BCUT2D eigenvalue weighted by molar-refractivity contribution is 6.11. The van der Waals surface area contributed by atoms with E-state index >= 15 is 0 Å². The number of amides is 2. The Hall–Kier alpha value is -1.88. The number of nitrogens with one attached hydrogen (secondary N) is 1. The van der Waals surface area contributed by atoms with Crippen LogP contribution in [0.2, 0.25) is 0 Å². The van der Waals surface area contributed by atoms with E-state index in [0.29, 0.717) is 24.7 Å². The zero-order chi connectivity index (χ0) is 14.4. The molecular weight excluding hydrogens is 268 g/mol. The maximum absolute atomic E-state index is 13.0. The molecular formula is C16H18N2O3. The molecule has 2 aliphatic heterocycles. The summed E-state index contributed by atoms with van der Waals surface area (Å²) in [6.45, 7) is 1.22. The fourth-order valence-corrected chi connectivity index (χ4v) is 3.28. The van der Waals surface area contributed by atoms with Crippen LogP contribution in [0.1, 0.15) is 29.6 Å². The van der Waals surface area contributed by atoms with E-state index in [1.54, 1.807) is 6.07 Å². The van der Waals surface area contributed by atoms with Crippen molar-refractivity contribution >= 4 is 17.5 Å². The van der Waals surface area contributed by atoms with Gasteiger partial charge in [-0.05, 0) is 37.3 Å². The summed E-state index contributed by atoms with van der Waals surface area (Å²) < 4.78 is 5.45. The van der Waals surface area contributed by atoms with Gasteiger partial charge in [0.2, 0.25) is 5.91 Å². The van der Waals surface area contributed by atoms with E-state index in [-0.39, 0.29) is 23.9 Å². The summed E-state index contributed by atoms with van der Waals surface area (Å²) in [5.74, 6) is 0.171. The smallest absolute Gasteiger partial charge is 0.254 e. The van der Waals surface area contributed by atoms with Gasteiger partial charge in [-0.3, -0.25) is 9.59 Å². The molecule has 1 saturated carbocycles. The first-order valence-electron chi connectivity index (χ1n) is 7.56. The van der Waals surface area contributed by atoms with Crippen LogP contribution in [0.25, 0.3) is 0 Å². The highest BCUT2D eigenvalue weighted by atomic mass is 16.5. The van der Waals surface area contributed by atoms with Crippen molar-refractivity contribution in [3.8, 4) is 0 Å². The van der Waals surface area contributed by atoms with E-state index < -0.39 is 0 Å². The third kappa shape index (κ3) is 2.12. The van der Waals surface area contributed by atoms with E-state index in [1.807, 2.05) is 23.1 Å². The SMILES string of the molecule is O=C1NC(C2CC2)C(=O)N(C2CCOC2)c2ccccc21. The van der Waals surface area contributed by atoms with Gasteiger partial charge in [0.1, 0.15) is 6.04 Å². The molecule has 0 bridgehead atoms. The number of ether oxygens (including phenoxy) is 1. The molecule has 5 nitrogen and oxygen atoms in total. The Morgan fingerprint density at radius 1 is 1.14 bits per heavy atom.